The SMILES string of the molecule is c1cnc(COc2[nH]cc3ccccc23)nc1. The molecular weight excluding hydrogens is 214 g/mol. The summed E-state index contributed by atoms with van der Waals surface area (Å²) in [6.07, 6.45) is 5.34. The first kappa shape index (κ1) is 9.84. The summed E-state index contributed by atoms with van der Waals surface area (Å²) in [5, 5.41) is 2.21. The van der Waals surface area contributed by atoms with Crippen LogP contribution in [0.25, 0.3) is 10.8 Å². The highest BCUT2D eigenvalue weighted by Gasteiger charge is 2.04. The van der Waals surface area contributed by atoms with E-state index in [0.29, 0.717) is 12.4 Å². The number of hydrogen-bond donors (Lipinski definition) is 1. The van der Waals surface area contributed by atoms with Crippen molar-refractivity contribution < 1.29 is 4.74 Å². The molecule has 0 aliphatic rings. The van der Waals surface area contributed by atoms with Crippen LogP contribution in [0.3, 0.4) is 0 Å². The predicted octanol–water partition coefficient (Wildman–Crippen LogP) is 2.54. The Morgan fingerprint density at radius 1 is 1.06 bits per heavy atom. The van der Waals surface area contributed by atoms with Gasteiger partial charge in [0.1, 0.15) is 6.61 Å². The Morgan fingerprint density at radius 2 is 1.88 bits per heavy atom. The highest BCUT2D eigenvalue weighted by molar-refractivity contribution is 5.87. The van der Waals surface area contributed by atoms with E-state index in [1.54, 1.807) is 18.5 Å². The second kappa shape index (κ2) is 4.25. The van der Waals surface area contributed by atoms with Gasteiger partial charge in [-0.05, 0) is 12.1 Å². The Morgan fingerprint density at radius 3 is 2.76 bits per heavy atom. The fourth-order valence-corrected chi connectivity index (χ4v) is 1.71. The number of fused-ring (bicyclic) bond motifs is 1. The quantitative estimate of drug-likeness (QED) is 0.745. The molecule has 4 heteroatoms. The van der Waals surface area contributed by atoms with Gasteiger partial charge >= 0.3 is 0 Å². The van der Waals surface area contributed by atoms with Crippen molar-refractivity contribution in [3.8, 4) is 5.88 Å². The van der Waals surface area contributed by atoms with Gasteiger partial charge in [0.25, 0.3) is 0 Å². The van der Waals surface area contributed by atoms with E-state index in [2.05, 4.69) is 15.0 Å². The van der Waals surface area contributed by atoms with Crippen molar-refractivity contribution >= 4 is 10.8 Å². The lowest BCUT2D eigenvalue weighted by atomic mass is 10.2. The third kappa shape index (κ3) is 1.97. The Balaban J connectivity index is 1.82. The molecule has 3 aromatic rings. The van der Waals surface area contributed by atoms with Crippen molar-refractivity contribution in [1.29, 1.82) is 0 Å². The molecule has 0 aliphatic heterocycles. The number of ether oxygens (including phenoxy) is 1. The molecule has 4 nitrogen and oxygen atoms in total. The summed E-state index contributed by atoms with van der Waals surface area (Å²) in [4.78, 5) is 11.3. The highest BCUT2D eigenvalue weighted by Crippen LogP contribution is 2.24. The number of H-pyrrole nitrogens is 1. The molecule has 0 aliphatic carbocycles. The fraction of sp³-hybridized carbons (Fsp3) is 0.0769. The molecular formula is C13H11N3O. The number of nitrogens with one attached hydrogen (secondary N) is 1. The zero-order chi connectivity index (χ0) is 11.5. The van der Waals surface area contributed by atoms with Crippen molar-refractivity contribution in [2.75, 3.05) is 0 Å². The highest BCUT2D eigenvalue weighted by atomic mass is 16.5. The van der Waals surface area contributed by atoms with Crippen LogP contribution in [0.2, 0.25) is 0 Å². The van der Waals surface area contributed by atoms with E-state index in [-0.39, 0.29) is 0 Å². The molecule has 1 N–H and O–H groups in total. The molecule has 0 bridgehead atoms. The van der Waals surface area contributed by atoms with Gasteiger partial charge in [-0.1, -0.05) is 18.2 Å². The smallest absolute Gasteiger partial charge is 0.199 e. The average Bonchev–Trinajstić information content (AvgIpc) is 2.81. The first-order chi connectivity index (χ1) is 8.43. The lowest BCUT2D eigenvalue weighted by Gasteiger charge is -2.02. The third-order valence-electron chi connectivity index (χ3n) is 2.53. The minimum absolute atomic E-state index is 0.366. The Kier molecular flexibility index (Phi) is 2.46. The van der Waals surface area contributed by atoms with Gasteiger partial charge in [0.15, 0.2) is 11.7 Å². The van der Waals surface area contributed by atoms with Crippen LogP contribution in [0.15, 0.2) is 48.9 Å². The Bertz CT molecular complexity index is 619. The first-order valence-corrected chi connectivity index (χ1v) is 5.38. The van der Waals surface area contributed by atoms with E-state index in [9.17, 15) is 0 Å². The first-order valence-electron chi connectivity index (χ1n) is 5.38. The summed E-state index contributed by atoms with van der Waals surface area (Å²) in [6, 6.07) is 9.83. The normalized spacial score (nSPS) is 10.6. The van der Waals surface area contributed by atoms with E-state index >= 15 is 0 Å². The summed E-state index contributed by atoms with van der Waals surface area (Å²) >= 11 is 0. The molecule has 0 saturated heterocycles. The minimum atomic E-state index is 0.366. The summed E-state index contributed by atoms with van der Waals surface area (Å²) in [7, 11) is 0. The van der Waals surface area contributed by atoms with Crippen LogP contribution in [0, 0.1) is 0 Å². The molecule has 0 fully saturated rings. The Hall–Kier alpha value is -2.36. The second-order valence-electron chi connectivity index (χ2n) is 3.66. The number of nitrogens with zero attached hydrogens (tertiary/aromatic N) is 2. The molecule has 84 valence electrons. The lowest BCUT2D eigenvalue weighted by Crippen LogP contribution is -2.00. The molecule has 0 radical (unpaired) electrons. The molecule has 2 heterocycles. The van der Waals surface area contributed by atoms with Gasteiger partial charge in [0.05, 0.1) is 0 Å². The van der Waals surface area contributed by atoms with Gasteiger partial charge in [0.2, 0.25) is 0 Å². The van der Waals surface area contributed by atoms with Crippen molar-refractivity contribution in [1.82, 2.24) is 15.0 Å². The predicted molar refractivity (Wildman–Crippen MR) is 64.7 cm³/mol. The number of aromatic nitrogens is 3. The molecule has 3 rings (SSSR count). The standard InChI is InChI=1S/C13H11N3O/c1-2-5-11-10(4-1)8-16-13(11)17-9-12-14-6-3-7-15-12/h1-8,16H,9H2. The minimum Gasteiger partial charge on any atom is -0.470 e. The molecule has 0 atom stereocenters. The van der Waals surface area contributed by atoms with Crippen LogP contribution in [0.1, 0.15) is 5.82 Å². The summed E-state index contributed by atoms with van der Waals surface area (Å²) in [6.45, 7) is 0.366. The largest absolute Gasteiger partial charge is 0.470 e. The summed E-state index contributed by atoms with van der Waals surface area (Å²) in [5.74, 6) is 1.43. The number of hydrogen-bond acceptors (Lipinski definition) is 3. The van der Waals surface area contributed by atoms with Crippen LogP contribution in [0.4, 0.5) is 0 Å². The van der Waals surface area contributed by atoms with E-state index in [4.69, 9.17) is 4.74 Å². The Labute approximate surface area is 98.3 Å². The van der Waals surface area contributed by atoms with Crippen LogP contribution in [0.5, 0.6) is 5.88 Å². The maximum Gasteiger partial charge on any atom is 0.199 e. The second-order valence-corrected chi connectivity index (χ2v) is 3.66. The number of rotatable bonds is 3. The topological polar surface area (TPSA) is 50.8 Å². The number of aromatic amines is 1. The number of benzene rings is 1. The zero-order valence-corrected chi connectivity index (χ0v) is 9.13. The van der Waals surface area contributed by atoms with E-state index in [0.717, 1.165) is 16.7 Å². The zero-order valence-electron chi connectivity index (χ0n) is 9.13. The molecule has 2 aromatic heterocycles. The third-order valence-corrected chi connectivity index (χ3v) is 2.53. The molecule has 1 aromatic carbocycles. The fourth-order valence-electron chi connectivity index (χ4n) is 1.71. The van der Waals surface area contributed by atoms with Gasteiger partial charge in [-0.15, -0.1) is 0 Å². The van der Waals surface area contributed by atoms with Crippen molar-refractivity contribution in [3.05, 3.63) is 54.7 Å². The molecule has 0 amide bonds. The maximum absolute atomic E-state index is 5.66. The van der Waals surface area contributed by atoms with Crippen LogP contribution in [-0.4, -0.2) is 15.0 Å². The molecule has 0 unspecified atom stereocenters. The van der Waals surface area contributed by atoms with E-state index in [1.165, 1.54) is 0 Å². The van der Waals surface area contributed by atoms with Crippen LogP contribution < -0.4 is 4.74 Å². The summed E-state index contributed by atoms with van der Waals surface area (Å²) in [5.41, 5.74) is 0. The average molecular weight is 225 g/mol. The van der Waals surface area contributed by atoms with Crippen LogP contribution in [-0.2, 0) is 6.61 Å². The van der Waals surface area contributed by atoms with Gasteiger partial charge in [-0.2, -0.15) is 0 Å². The van der Waals surface area contributed by atoms with Crippen molar-refractivity contribution in [2.45, 2.75) is 6.61 Å². The van der Waals surface area contributed by atoms with Crippen molar-refractivity contribution in [3.63, 3.8) is 0 Å². The van der Waals surface area contributed by atoms with E-state index < -0.39 is 0 Å². The maximum atomic E-state index is 5.66. The van der Waals surface area contributed by atoms with Crippen LogP contribution >= 0.6 is 0 Å². The van der Waals surface area contributed by atoms with Crippen molar-refractivity contribution in [2.24, 2.45) is 0 Å². The molecule has 0 saturated carbocycles. The van der Waals surface area contributed by atoms with E-state index in [1.807, 2.05) is 30.5 Å². The lowest BCUT2D eigenvalue weighted by molar-refractivity contribution is 0.289. The van der Waals surface area contributed by atoms with Gasteiger partial charge in [-0.3, -0.25) is 0 Å². The van der Waals surface area contributed by atoms with Gasteiger partial charge in [0, 0.05) is 29.4 Å². The monoisotopic (exact) mass is 225 g/mol. The molecule has 17 heavy (non-hydrogen) atoms. The van der Waals surface area contributed by atoms with Gasteiger partial charge < -0.3 is 9.72 Å². The summed E-state index contributed by atoms with van der Waals surface area (Å²) < 4.78 is 5.66. The van der Waals surface area contributed by atoms with Gasteiger partial charge in [-0.25, -0.2) is 9.97 Å². The molecule has 0 spiro atoms.